The van der Waals surface area contributed by atoms with Crippen LogP contribution >= 0.6 is 0 Å². The van der Waals surface area contributed by atoms with Crippen LogP contribution in [0.4, 0.5) is 0 Å². The predicted molar refractivity (Wildman–Crippen MR) is 152 cm³/mol. The van der Waals surface area contributed by atoms with Crippen LogP contribution in [0.25, 0.3) is 49.3 Å². The molecule has 6 aromatic rings. The van der Waals surface area contributed by atoms with Crippen LogP contribution in [0.2, 0.25) is 0 Å². The van der Waals surface area contributed by atoms with E-state index in [-0.39, 0.29) is 5.54 Å². The van der Waals surface area contributed by atoms with Gasteiger partial charge in [0.1, 0.15) is 0 Å². The van der Waals surface area contributed by atoms with Gasteiger partial charge in [0.25, 0.3) is 0 Å². The SMILES string of the molecule is C/C=C\CC(C)(CCC)n1c2ccccc2c2cc3c4ccccc4n(-c4ccccc4)c3cc21. The molecule has 0 bridgehead atoms. The van der Waals surface area contributed by atoms with E-state index in [9.17, 15) is 0 Å². The first-order valence-corrected chi connectivity index (χ1v) is 12.8. The molecule has 2 aromatic heterocycles. The number of nitrogens with zero attached hydrogens (tertiary/aromatic N) is 2. The number of aromatic nitrogens is 2. The molecule has 4 aromatic carbocycles. The van der Waals surface area contributed by atoms with Gasteiger partial charge in [-0.25, -0.2) is 0 Å². The van der Waals surface area contributed by atoms with Gasteiger partial charge in [-0.2, -0.15) is 0 Å². The van der Waals surface area contributed by atoms with E-state index in [1.165, 1.54) is 49.3 Å². The minimum Gasteiger partial charge on any atom is -0.334 e. The van der Waals surface area contributed by atoms with Gasteiger partial charge in [-0.15, -0.1) is 0 Å². The van der Waals surface area contributed by atoms with Crippen LogP contribution in [0.1, 0.15) is 40.0 Å². The Morgan fingerprint density at radius 3 is 2.03 bits per heavy atom. The smallest absolute Gasteiger partial charge is 0.0562 e. The summed E-state index contributed by atoms with van der Waals surface area (Å²) in [6, 6.07) is 33.4. The van der Waals surface area contributed by atoms with E-state index >= 15 is 0 Å². The van der Waals surface area contributed by atoms with E-state index in [1.807, 2.05) is 0 Å². The summed E-state index contributed by atoms with van der Waals surface area (Å²) in [5, 5.41) is 5.29. The molecule has 2 heterocycles. The molecule has 0 fully saturated rings. The van der Waals surface area contributed by atoms with Gasteiger partial charge in [-0.3, -0.25) is 0 Å². The first-order chi connectivity index (χ1) is 17.2. The van der Waals surface area contributed by atoms with Crippen LogP contribution in [0.15, 0.2) is 103 Å². The fourth-order valence-electron chi connectivity index (χ4n) is 6.08. The fraction of sp³-hybridized carbons (Fsp3) is 0.212. The average molecular weight is 457 g/mol. The molecule has 0 spiro atoms. The van der Waals surface area contributed by atoms with E-state index in [4.69, 9.17) is 0 Å². The Balaban J connectivity index is 1.79. The number of fused-ring (bicyclic) bond motifs is 6. The molecule has 174 valence electrons. The minimum atomic E-state index is -0.000117. The first kappa shape index (κ1) is 21.7. The molecule has 0 aliphatic heterocycles. The summed E-state index contributed by atoms with van der Waals surface area (Å²) < 4.78 is 5.06. The van der Waals surface area contributed by atoms with E-state index in [2.05, 4.69) is 133 Å². The zero-order valence-electron chi connectivity index (χ0n) is 20.8. The molecule has 2 heteroatoms. The maximum atomic E-state index is 2.63. The van der Waals surface area contributed by atoms with E-state index in [0.717, 1.165) is 19.3 Å². The molecule has 0 radical (unpaired) electrons. The summed E-state index contributed by atoms with van der Waals surface area (Å²) in [6.07, 6.45) is 7.81. The molecule has 35 heavy (non-hydrogen) atoms. The van der Waals surface area contributed by atoms with Crippen molar-refractivity contribution in [2.45, 2.75) is 45.6 Å². The van der Waals surface area contributed by atoms with Gasteiger partial charge in [0.05, 0.1) is 16.6 Å². The normalized spacial score (nSPS) is 14.0. The molecule has 0 saturated carbocycles. The van der Waals surface area contributed by atoms with E-state index < -0.39 is 0 Å². The lowest BCUT2D eigenvalue weighted by Gasteiger charge is -2.32. The highest BCUT2D eigenvalue weighted by atomic mass is 15.1. The summed E-state index contributed by atoms with van der Waals surface area (Å²) in [5.74, 6) is 0. The minimum absolute atomic E-state index is 0.000117. The van der Waals surface area contributed by atoms with E-state index in [1.54, 1.807) is 0 Å². The van der Waals surface area contributed by atoms with Crippen LogP contribution in [-0.4, -0.2) is 9.13 Å². The summed E-state index contributed by atoms with van der Waals surface area (Å²) in [7, 11) is 0. The third-order valence-corrected chi connectivity index (χ3v) is 7.60. The lowest BCUT2D eigenvalue weighted by Crippen LogP contribution is -2.29. The maximum Gasteiger partial charge on any atom is 0.0562 e. The van der Waals surface area contributed by atoms with Crippen LogP contribution in [-0.2, 0) is 5.54 Å². The Morgan fingerprint density at radius 1 is 0.686 bits per heavy atom. The van der Waals surface area contributed by atoms with Crippen molar-refractivity contribution in [3.8, 4) is 5.69 Å². The van der Waals surface area contributed by atoms with Crippen molar-refractivity contribution >= 4 is 43.6 Å². The fourth-order valence-corrected chi connectivity index (χ4v) is 6.08. The zero-order valence-corrected chi connectivity index (χ0v) is 20.8. The monoisotopic (exact) mass is 456 g/mol. The third-order valence-electron chi connectivity index (χ3n) is 7.60. The Bertz CT molecular complexity index is 1700. The predicted octanol–water partition coefficient (Wildman–Crippen LogP) is 9.37. The van der Waals surface area contributed by atoms with Crippen molar-refractivity contribution in [3.63, 3.8) is 0 Å². The van der Waals surface area contributed by atoms with Crippen molar-refractivity contribution in [1.82, 2.24) is 9.13 Å². The number of allylic oxidation sites excluding steroid dienone is 2. The molecule has 6 rings (SSSR count). The van der Waals surface area contributed by atoms with Crippen LogP contribution in [0.5, 0.6) is 0 Å². The Morgan fingerprint density at radius 2 is 1.31 bits per heavy atom. The summed E-state index contributed by atoms with van der Waals surface area (Å²) in [6.45, 7) is 6.85. The highest BCUT2D eigenvalue weighted by Crippen LogP contribution is 2.42. The van der Waals surface area contributed by atoms with Gasteiger partial charge in [0.2, 0.25) is 0 Å². The Kier molecular flexibility index (Phi) is 5.25. The van der Waals surface area contributed by atoms with Gasteiger partial charge >= 0.3 is 0 Å². The summed E-state index contributed by atoms with van der Waals surface area (Å²) in [4.78, 5) is 0. The molecule has 0 amide bonds. The van der Waals surface area contributed by atoms with Crippen LogP contribution < -0.4 is 0 Å². The topological polar surface area (TPSA) is 9.86 Å². The highest BCUT2D eigenvalue weighted by Gasteiger charge is 2.29. The molecule has 2 nitrogen and oxygen atoms in total. The van der Waals surface area contributed by atoms with Gasteiger partial charge < -0.3 is 9.13 Å². The zero-order chi connectivity index (χ0) is 24.0. The van der Waals surface area contributed by atoms with E-state index in [0.29, 0.717) is 0 Å². The average Bonchev–Trinajstić information content (AvgIpc) is 3.39. The third kappa shape index (κ3) is 3.31. The quantitative estimate of drug-likeness (QED) is 0.221. The second-order valence-electron chi connectivity index (χ2n) is 9.95. The lowest BCUT2D eigenvalue weighted by molar-refractivity contribution is 0.311. The number of benzene rings is 4. The van der Waals surface area contributed by atoms with Gasteiger partial charge in [-0.1, -0.05) is 80.1 Å². The molecule has 0 aliphatic carbocycles. The standard InChI is InChI=1S/C33H32N2/c1-4-6-21-33(3,20-5-2)35-30-19-13-11-17-26(30)28-22-27-25-16-10-12-18-29(25)34(31(27)23-32(28)35)24-14-8-7-9-15-24/h4,6-19,22-23H,5,20-21H2,1-3H3/b6-4-. The molecular formula is C33H32N2. The van der Waals surface area contributed by atoms with Gasteiger partial charge in [0, 0.05) is 38.3 Å². The highest BCUT2D eigenvalue weighted by molar-refractivity contribution is 6.18. The number of para-hydroxylation sites is 3. The molecule has 0 N–H and O–H groups in total. The summed E-state index contributed by atoms with van der Waals surface area (Å²) >= 11 is 0. The maximum absolute atomic E-state index is 2.63. The van der Waals surface area contributed by atoms with Gasteiger partial charge in [0.15, 0.2) is 0 Å². The second kappa shape index (κ2) is 8.46. The number of rotatable bonds is 6. The molecule has 1 unspecified atom stereocenters. The molecule has 0 aliphatic rings. The van der Waals surface area contributed by atoms with Crippen LogP contribution in [0, 0.1) is 0 Å². The van der Waals surface area contributed by atoms with Gasteiger partial charge in [-0.05, 0) is 63.1 Å². The van der Waals surface area contributed by atoms with Crippen LogP contribution in [0.3, 0.4) is 0 Å². The molecular weight excluding hydrogens is 424 g/mol. The van der Waals surface area contributed by atoms with Crippen molar-refractivity contribution in [2.75, 3.05) is 0 Å². The lowest BCUT2D eigenvalue weighted by atomic mass is 9.91. The van der Waals surface area contributed by atoms with Crippen molar-refractivity contribution in [2.24, 2.45) is 0 Å². The molecule has 1 atom stereocenters. The first-order valence-electron chi connectivity index (χ1n) is 12.8. The molecule has 0 saturated heterocycles. The Labute approximate surface area is 207 Å². The Hall–Kier alpha value is -3.78. The largest absolute Gasteiger partial charge is 0.334 e. The van der Waals surface area contributed by atoms with Crippen molar-refractivity contribution in [1.29, 1.82) is 0 Å². The summed E-state index contributed by atoms with van der Waals surface area (Å²) in [5.41, 5.74) is 6.36. The van der Waals surface area contributed by atoms with Crippen molar-refractivity contribution in [3.05, 3.63) is 103 Å². The second-order valence-corrected chi connectivity index (χ2v) is 9.95. The number of hydrogen-bond donors (Lipinski definition) is 0. The van der Waals surface area contributed by atoms with Crippen molar-refractivity contribution < 1.29 is 0 Å². The number of hydrogen-bond acceptors (Lipinski definition) is 0.